The van der Waals surface area contributed by atoms with Gasteiger partial charge in [0.25, 0.3) is 0 Å². The third-order valence-electron chi connectivity index (χ3n) is 4.19. The van der Waals surface area contributed by atoms with Crippen molar-refractivity contribution in [2.24, 2.45) is 5.92 Å². The van der Waals surface area contributed by atoms with E-state index in [2.05, 4.69) is 6.92 Å². The molecule has 0 aliphatic heterocycles. The van der Waals surface area contributed by atoms with E-state index in [0.29, 0.717) is 0 Å². The Bertz CT molecular complexity index is 336. The van der Waals surface area contributed by atoms with Crippen LogP contribution in [0.4, 0.5) is 0 Å². The van der Waals surface area contributed by atoms with Crippen LogP contribution in [-0.2, 0) is 9.59 Å². The summed E-state index contributed by atoms with van der Waals surface area (Å²) in [5.41, 5.74) is 0. The number of rotatable bonds is 16. The number of carboxylic acid groups (broad SMARTS) is 2. The summed E-state index contributed by atoms with van der Waals surface area (Å²) < 4.78 is 0. The van der Waals surface area contributed by atoms with Crippen LogP contribution >= 0.6 is 0 Å². The summed E-state index contributed by atoms with van der Waals surface area (Å²) in [5.74, 6) is -1.67. The first-order chi connectivity index (χ1) is 11.1. The van der Waals surface area contributed by atoms with Gasteiger partial charge in [-0.05, 0) is 25.7 Å². The predicted molar refractivity (Wildman–Crippen MR) is 93.6 cm³/mol. The van der Waals surface area contributed by atoms with Crippen molar-refractivity contribution in [1.29, 1.82) is 0 Å². The molecule has 23 heavy (non-hydrogen) atoms. The van der Waals surface area contributed by atoms with Crippen LogP contribution in [0.15, 0.2) is 12.2 Å². The second-order valence-electron chi connectivity index (χ2n) is 6.32. The zero-order valence-corrected chi connectivity index (χ0v) is 14.6. The minimum atomic E-state index is -0.882. The molecule has 4 nitrogen and oxygen atoms in total. The van der Waals surface area contributed by atoms with Crippen LogP contribution in [0.3, 0.4) is 0 Å². The summed E-state index contributed by atoms with van der Waals surface area (Å²) in [5, 5.41) is 17.7. The number of hydrogen-bond donors (Lipinski definition) is 2. The summed E-state index contributed by atoms with van der Waals surface area (Å²) in [4.78, 5) is 21.5. The quantitative estimate of drug-likeness (QED) is 0.293. The summed E-state index contributed by atoms with van der Waals surface area (Å²) in [6, 6.07) is 0. The second-order valence-corrected chi connectivity index (χ2v) is 6.32. The van der Waals surface area contributed by atoms with Crippen LogP contribution in [-0.4, -0.2) is 22.2 Å². The first kappa shape index (κ1) is 21.7. The first-order valence-corrected chi connectivity index (χ1v) is 9.20. The fraction of sp³-hybridized carbons (Fsp3) is 0.789. The maximum atomic E-state index is 11.2. The van der Waals surface area contributed by atoms with E-state index in [0.717, 1.165) is 70.6 Å². The molecule has 0 saturated heterocycles. The lowest BCUT2D eigenvalue weighted by molar-refractivity contribution is -0.142. The van der Waals surface area contributed by atoms with Crippen molar-refractivity contribution in [2.45, 2.75) is 90.4 Å². The van der Waals surface area contributed by atoms with E-state index in [1.165, 1.54) is 18.9 Å². The van der Waals surface area contributed by atoms with Gasteiger partial charge in [0.15, 0.2) is 0 Å². The number of unbranched alkanes of at least 4 members (excludes halogenated alkanes) is 9. The van der Waals surface area contributed by atoms with Crippen molar-refractivity contribution in [3.8, 4) is 0 Å². The maximum absolute atomic E-state index is 11.2. The zero-order chi connectivity index (χ0) is 17.3. The Morgan fingerprint density at radius 2 is 1.35 bits per heavy atom. The van der Waals surface area contributed by atoms with E-state index in [1.54, 1.807) is 6.08 Å². The van der Waals surface area contributed by atoms with E-state index in [9.17, 15) is 14.7 Å². The summed E-state index contributed by atoms with van der Waals surface area (Å²) in [6.07, 6.45) is 16.5. The zero-order valence-electron chi connectivity index (χ0n) is 14.6. The second kappa shape index (κ2) is 15.6. The van der Waals surface area contributed by atoms with Crippen LogP contribution < -0.4 is 0 Å². The molecule has 0 aliphatic rings. The van der Waals surface area contributed by atoms with Gasteiger partial charge in [-0.25, -0.2) is 4.79 Å². The Hall–Kier alpha value is -1.32. The van der Waals surface area contributed by atoms with E-state index in [4.69, 9.17) is 5.11 Å². The van der Waals surface area contributed by atoms with Crippen molar-refractivity contribution in [3.63, 3.8) is 0 Å². The molecule has 0 aliphatic carbocycles. The lowest BCUT2D eigenvalue weighted by atomic mass is 9.94. The van der Waals surface area contributed by atoms with Gasteiger partial charge >= 0.3 is 11.9 Å². The highest BCUT2D eigenvalue weighted by molar-refractivity contribution is 5.79. The van der Waals surface area contributed by atoms with Gasteiger partial charge in [0.05, 0.1) is 5.92 Å². The molecule has 0 radical (unpaired) electrons. The highest BCUT2D eigenvalue weighted by Gasteiger charge is 2.15. The fourth-order valence-corrected chi connectivity index (χ4v) is 2.75. The molecule has 1 unspecified atom stereocenters. The fourth-order valence-electron chi connectivity index (χ4n) is 2.75. The molecule has 0 amide bonds. The number of carbonyl (C=O) groups is 2. The molecule has 0 aromatic heterocycles. The molecule has 0 aromatic carbocycles. The van der Waals surface area contributed by atoms with Crippen LogP contribution in [0, 0.1) is 5.92 Å². The van der Waals surface area contributed by atoms with Crippen molar-refractivity contribution in [2.75, 3.05) is 0 Å². The lowest BCUT2D eigenvalue weighted by Crippen LogP contribution is -2.13. The molecule has 0 fully saturated rings. The molecule has 0 saturated carbocycles. The van der Waals surface area contributed by atoms with Crippen LogP contribution in [0.25, 0.3) is 0 Å². The highest BCUT2D eigenvalue weighted by atomic mass is 16.4. The van der Waals surface area contributed by atoms with Crippen LogP contribution in [0.1, 0.15) is 90.4 Å². The van der Waals surface area contributed by atoms with Crippen molar-refractivity contribution < 1.29 is 19.8 Å². The molecule has 1 atom stereocenters. The molecular weight excluding hydrogens is 292 g/mol. The van der Waals surface area contributed by atoms with Gasteiger partial charge in [-0.3, -0.25) is 4.79 Å². The van der Waals surface area contributed by atoms with Gasteiger partial charge in [0.2, 0.25) is 0 Å². The molecule has 0 heterocycles. The number of hydrogen-bond acceptors (Lipinski definition) is 2. The highest BCUT2D eigenvalue weighted by Crippen LogP contribution is 2.19. The molecule has 0 rings (SSSR count). The molecule has 134 valence electrons. The molecule has 4 heteroatoms. The number of aliphatic carboxylic acids is 2. The third-order valence-corrected chi connectivity index (χ3v) is 4.19. The lowest BCUT2D eigenvalue weighted by Gasteiger charge is -2.11. The smallest absolute Gasteiger partial charge is 0.327 e. The van der Waals surface area contributed by atoms with Gasteiger partial charge < -0.3 is 10.2 Å². The van der Waals surface area contributed by atoms with Gasteiger partial charge in [-0.15, -0.1) is 0 Å². The maximum Gasteiger partial charge on any atom is 0.327 e. The average Bonchev–Trinajstić information content (AvgIpc) is 2.50. The van der Waals surface area contributed by atoms with Crippen molar-refractivity contribution >= 4 is 11.9 Å². The molecule has 0 bridgehead atoms. The monoisotopic (exact) mass is 326 g/mol. The Labute approximate surface area is 141 Å². The Morgan fingerprint density at radius 1 is 0.826 bits per heavy atom. The molecule has 0 aromatic rings. The molecule has 2 N–H and O–H groups in total. The molecule has 0 spiro atoms. The summed E-state index contributed by atoms with van der Waals surface area (Å²) in [7, 11) is 0. The van der Waals surface area contributed by atoms with E-state index >= 15 is 0 Å². The minimum absolute atomic E-state index is 0.159. The van der Waals surface area contributed by atoms with Gasteiger partial charge in [-0.2, -0.15) is 0 Å². The summed E-state index contributed by atoms with van der Waals surface area (Å²) >= 11 is 0. The Kier molecular flexibility index (Phi) is 14.7. The van der Waals surface area contributed by atoms with Crippen molar-refractivity contribution in [1.82, 2.24) is 0 Å². The third kappa shape index (κ3) is 15.4. The topological polar surface area (TPSA) is 74.6 Å². The van der Waals surface area contributed by atoms with Gasteiger partial charge in [0, 0.05) is 6.08 Å². The standard InChI is InChI=1S/C19H34O4/c1-2-3-4-11-14-17(19(22)23)15-12-9-7-5-6-8-10-13-16-18(20)21/h13,16-17H,2-12,14-15H2,1H3,(H,20,21)(H,22,23). The van der Waals surface area contributed by atoms with Gasteiger partial charge in [-0.1, -0.05) is 70.8 Å². The normalized spacial score (nSPS) is 12.6. The molecular formula is C19H34O4. The number of carboxylic acids is 2. The Balaban J connectivity index is 3.52. The predicted octanol–water partition coefficient (Wildman–Crippen LogP) is 5.42. The largest absolute Gasteiger partial charge is 0.481 e. The van der Waals surface area contributed by atoms with Crippen LogP contribution in [0.5, 0.6) is 0 Å². The summed E-state index contributed by atoms with van der Waals surface area (Å²) in [6.45, 7) is 2.16. The van der Waals surface area contributed by atoms with E-state index < -0.39 is 11.9 Å². The van der Waals surface area contributed by atoms with Gasteiger partial charge in [0.1, 0.15) is 0 Å². The average molecular weight is 326 g/mol. The van der Waals surface area contributed by atoms with Crippen molar-refractivity contribution in [3.05, 3.63) is 12.2 Å². The van der Waals surface area contributed by atoms with E-state index in [1.807, 2.05) is 0 Å². The number of allylic oxidation sites excluding steroid dienone is 1. The minimum Gasteiger partial charge on any atom is -0.481 e. The first-order valence-electron chi connectivity index (χ1n) is 9.20. The Morgan fingerprint density at radius 3 is 1.87 bits per heavy atom. The SMILES string of the molecule is CCCCCCC(CCCCCCCCC=CC(=O)O)C(=O)O. The van der Waals surface area contributed by atoms with E-state index in [-0.39, 0.29) is 5.92 Å². The van der Waals surface area contributed by atoms with Crippen LogP contribution in [0.2, 0.25) is 0 Å².